The van der Waals surface area contributed by atoms with Crippen LogP contribution in [-0.4, -0.2) is 37.6 Å². The van der Waals surface area contributed by atoms with Crippen LogP contribution in [-0.2, 0) is 14.8 Å². The summed E-state index contributed by atoms with van der Waals surface area (Å²) in [6, 6.07) is 8.05. The fraction of sp³-hybridized carbons (Fsp3) is 0.300. The molecular formula is C20H24FN3O4S. The number of rotatable bonds is 7. The predicted octanol–water partition coefficient (Wildman–Crippen LogP) is 3.38. The molecule has 156 valence electrons. The van der Waals surface area contributed by atoms with Crippen LogP contribution in [0.25, 0.3) is 0 Å². The van der Waals surface area contributed by atoms with E-state index in [1.165, 1.54) is 41.6 Å². The number of halogens is 1. The molecule has 2 rings (SSSR count). The van der Waals surface area contributed by atoms with Gasteiger partial charge >= 0.3 is 0 Å². The molecule has 0 atom stereocenters. The summed E-state index contributed by atoms with van der Waals surface area (Å²) in [5, 5.41) is 4.95. The first kappa shape index (κ1) is 22.5. The van der Waals surface area contributed by atoms with Crippen LogP contribution in [0.1, 0.15) is 36.7 Å². The Kier molecular flexibility index (Phi) is 7.10. The molecule has 9 heteroatoms. The maximum absolute atomic E-state index is 14.1. The van der Waals surface area contributed by atoms with Crippen LogP contribution in [0, 0.1) is 12.7 Å². The minimum atomic E-state index is -3.74. The minimum Gasteiger partial charge on any atom is -0.326 e. The molecule has 0 radical (unpaired) electrons. The molecule has 2 N–H and O–H groups in total. The number of benzene rings is 2. The van der Waals surface area contributed by atoms with Crippen LogP contribution >= 0.6 is 0 Å². The lowest BCUT2D eigenvalue weighted by Gasteiger charge is -2.19. The molecule has 0 aliphatic heterocycles. The molecule has 0 aliphatic carbocycles. The second-order valence-electron chi connectivity index (χ2n) is 6.40. The van der Waals surface area contributed by atoms with Crippen LogP contribution in [0.15, 0.2) is 41.3 Å². The zero-order chi connectivity index (χ0) is 21.8. The van der Waals surface area contributed by atoms with Crippen molar-refractivity contribution < 1.29 is 22.4 Å². The van der Waals surface area contributed by atoms with E-state index in [9.17, 15) is 22.4 Å². The van der Waals surface area contributed by atoms with Crippen molar-refractivity contribution in [3.63, 3.8) is 0 Å². The van der Waals surface area contributed by atoms with E-state index in [-0.39, 0.29) is 22.1 Å². The van der Waals surface area contributed by atoms with E-state index >= 15 is 0 Å². The number of aryl methyl sites for hydroxylation is 1. The number of sulfonamides is 1. The van der Waals surface area contributed by atoms with Gasteiger partial charge in [-0.25, -0.2) is 12.8 Å². The number of amides is 2. The van der Waals surface area contributed by atoms with Crippen molar-refractivity contribution in [2.75, 3.05) is 23.7 Å². The van der Waals surface area contributed by atoms with E-state index in [0.717, 1.165) is 6.07 Å². The highest BCUT2D eigenvalue weighted by atomic mass is 32.2. The highest BCUT2D eigenvalue weighted by Gasteiger charge is 2.23. The van der Waals surface area contributed by atoms with Gasteiger partial charge in [0.2, 0.25) is 15.9 Å². The van der Waals surface area contributed by atoms with Crippen molar-refractivity contribution in [2.45, 2.75) is 32.6 Å². The first-order valence-corrected chi connectivity index (χ1v) is 10.5. The summed E-state index contributed by atoms with van der Waals surface area (Å²) in [6.45, 7) is 7.03. The standard InChI is InChI=1S/C20H24FN3O4S/c1-5-24(6-2)29(27,28)16-9-7-13(3)17(12-16)20(26)23-19-11-15(22-14(4)25)8-10-18(19)21/h7-12H,5-6H2,1-4H3,(H,22,25)(H,23,26). The monoisotopic (exact) mass is 421 g/mol. The summed E-state index contributed by atoms with van der Waals surface area (Å²) in [4.78, 5) is 23.9. The van der Waals surface area contributed by atoms with E-state index < -0.39 is 21.7 Å². The molecule has 0 aromatic heterocycles. The molecule has 2 aromatic carbocycles. The molecule has 0 fully saturated rings. The average Bonchev–Trinajstić information content (AvgIpc) is 2.64. The van der Waals surface area contributed by atoms with Gasteiger partial charge in [-0.2, -0.15) is 4.31 Å². The Labute approximate surface area is 170 Å². The molecule has 0 heterocycles. The molecule has 0 spiro atoms. The van der Waals surface area contributed by atoms with Crippen LogP contribution < -0.4 is 10.6 Å². The number of hydrogen-bond acceptors (Lipinski definition) is 4. The van der Waals surface area contributed by atoms with E-state index in [2.05, 4.69) is 10.6 Å². The fourth-order valence-corrected chi connectivity index (χ4v) is 4.30. The van der Waals surface area contributed by atoms with E-state index in [1.54, 1.807) is 20.8 Å². The third-order valence-corrected chi connectivity index (χ3v) is 6.38. The number of anilines is 2. The molecule has 29 heavy (non-hydrogen) atoms. The Morgan fingerprint density at radius 3 is 2.28 bits per heavy atom. The molecule has 0 saturated heterocycles. The lowest BCUT2D eigenvalue weighted by molar-refractivity contribution is -0.114. The highest BCUT2D eigenvalue weighted by molar-refractivity contribution is 7.89. The molecule has 0 saturated carbocycles. The summed E-state index contributed by atoms with van der Waals surface area (Å²) < 4.78 is 40.9. The molecule has 2 amide bonds. The van der Waals surface area contributed by atoms with E-state index in [1.807, 2.05) is 0 Å². The zero-order valence-corrected chi connectivity index (χ0v) is 17.6. The summed E-state index contributed by atoms with van der Waals surface area (Å²) in [5.41, 5.74) is 0.850. The SMILES string of the molecule is CCN(CC)S(=O)(=O)c1ccc(C)c(C(=O)Nc2cc(NC(C)=O)ccc2F)c1. The third-order valence-electron chi connectivity index (χ3n) is 4.33. The van der Waals surface area contributed by atoms with Gasteiger partial charge < -0.3 is 10.6 Å². The molecule has 0 bridgehead atoms. The summed E-state index contributed by atoms with van der Waals surface area (Å²) in [7, 11) is -3.74. The molecule has 7 nitrogen and oxygen atoms in total. The van der Waals surface area contributed by atoms with Crippen molar-refractivity contribution >= 4 is 33.2 Å². The summed E-state index contributed by atoms with van der Waals surface area (Å²) >= 11 is 0. The first-order chi connectivity index (χ1) is 13.6. The van der Waals surface area contributed by atoms with Crippen LogP contribution in [0.4, 0.5) is 15.8 Å². The predicted molar refractivity (Wildman–Crippen MR) is 110 cm³/mol. The van der Waals surface area contributed by atoms with Gasteiger partial charge in [0.05, 0.1) is 10.6 Å². The van der Waals surface area contributed by atoms with Gasteiger partial charge in [0, 0.05) is 31.3 Å². The highest BCUT2D eigenvalue weighted by Crippen LogP contribution is 2.23. The first-order valence-electron chi connectivity index (χ1n) is 9.09. The van der Waals surface area contributed by atoms with Gasteiger partial charge in [-0.05, 0) is 42.8 Å². The normalized spacial score (nSPS) is 11.4. The van der Waals surface area contributed by atoms with Gasteiger partial charge in [-0.1, -0.05) is 19.9 Å². The smallest absolute Gasteiger partial charge is 0.256 e. The minimum absolute atomic E-state index is 0.00980. The quantitative estimate of drug-likeness (QED) is 0.716. The Bertz CT molecular complexity index is 1030. The summed E-state index contributed by atoms with van der Waals surface area (Å²) in [5.74, 6) is -1.67. The van der Waals surface area contributed by atoms with Crippen molar-refractivity contribution in [1.29, 1.82) is 0 Å². The van der Waals surface area contributed by atoms with Crippen molar-refractivity contribution in [3.8, 4) is 0 Å². The number of nitrogens with zero attached hydrogens (tertiary/aromatic N) is 1. The van der Waals surface area contributed by atoms with Gasteiger partial charge in [-0.15, -0.1) is 0 Å². The molecule has 0 unspecified atom stereocenters. The van der Waals surface area contributed by atoms with E-state index in [4.69, 9.17) is 0 Å². The molecular weight excluding hydrogens is 397 g/mol. The zero-order valence-electron chi connectivity index (χ0n) is 16.7. The van der Waals surface area contributed by atoms with E-state index in [0.29, 0.717) is 24.3 Å². The maximum atomic E-state index is 14.1. The Morgan fingerprint density at radius 2 is 1.69 bits per heavy atom. The van der Waals surface area contributed by atoms with Crippen molar-refractivity contribution in [2.24, 2.45) is 0 Å². The fourth-order valence-electron chi connectivity index (χ4n) is 2.81. The van der Waals surface area contributed by atoms with Gasteiger partial charge in [0.1, 0.15) is 5.82 Å². The van der Waals surface area contributed by atoms with Crippen LogP contribution in [0.5, 0.6) is 0 Å². The number of carbonyl (C=O) groups excluding carboxylic acids is 2. The number of hydrogen-bond donors (Lipinski definition) is 2. The largest absolute Gasteiger partial charge is 0.326 e. The molecule has 2 aromatic rings. The second-order valence-corrected chi connectivity index (χ2v) is 8.33. The van der Waals surface area contributed by atoms with Gasteiger partial charge in [0.25, 0.3) is 5.91 Å². The van der Waals surface area contributed by atoms with Crippen LogP contribution in [0.3, 0.4) is 0 Å². The maximum Gasteiger partial charge on any atom is 0.256 e. The lowest BCUT2D eigenvalue weighted by Crippen LogP contribution is -2.30. The topological polar surface area (TPSA) is 95.6 Å². The number of nitrogens with one attached hydrogen (secondary N) is 2. The summed E-state index contributed by atoms with van der Waals surface area (Å²) in [6.07, 6.45) is 0. The van der Waals surface area contributed by atoms with Crippen LogP contribution in [0.2, 0.25) is 0 Å². The second kappa shape index (κ2) is 9.15. The Morgan fingerprint density at radius 1 is 1.03 bits per heavy atom. The number of carbonyl (C=O) groups is 2. The van der Waals surface area contributed by atoms with Gasteiger partial charge in [0.15, 0.2) is 0 Å². The lowest BCUT2D eigenvalue weighted by atomic mass is 10.1. The third kappa shape index (κ3) is 5.18. The Balaban J connectivity index is 2.38. The Hall–Kier alpha value is -2.78. The average molecular weight is 421 g/mol. The van der Waals surface area contributed by atoms with Crippen molar-refractivity contribution in [3.05, 3.63) is 53.3 Å². The van der Waals surface area contributed by atoms with Crippen molar-refractivity contribution in [1.82, 2.24) is 4.31 Å². The molecule has 0 aliphatic rings. The van der Waals surface area contributed by atoms with Gasteiger partial charge in [-0.3, -0.25) is 9.59 Å².